The fourth-order valence-electron chi connectivity index (χ4n) is 3.80. The number of anilines is 2. The molecule has 9 heteroatoms. The highest BCUT2D eigenvalue weighted by Crippen LogP contribution is 2.22. The van der Waals surface area contributed by atoms with E-state index in [0.717, 1.165) is 30.6 Å². The molecule has 1 saturated heterocycles. The first-order chi connectivity index (χ1) is 15.1. The van der Waals surface area contributed by atoms with E-state index in [2.05, 4.69) is 20.4 Å². The Morgan fingerprint density at radius 1 is 1.23 bits per heavy atom. The van der Waals surface area contributed by atoms with E-state index in [1.54, 1.807) is 10.7 Å². The summed E-state index contributed by atoms with van der Waals surface area (Å²) in [4.78, 5) is 36.4. The van der Waals surface area contributed by atoms with Crippen molar-refractivity contribution in [2.45, 2.75) is 32.1 Å². The molecule has 31 heavy (non-hydrogen) atoms. The molecule has 2 aromatic heterocycles. The van der Waals surface area contributed by atoms with Crippen LogP contribution in [0.3, 0.4) is 0 Å². The summed E-state index contributed by atoms with van der Waals surface area (Å²) in [6.07, 6.45) is 6.54. The number of likely N-dealkylation sites (tertiary alicyclic amines) is 1. The Hall–Kier alpha value is -3.49. The van der Waals surface area contributed by atoms with Crippen LogP contribution in [0.2, 0.25) is 0 Å². The summed E-state index contributed by atoms with van der Waals surface area (Å²) >= 11 is 0. The van der Waals surface area contributed by atoms with Gasteiger partial charge in [0.15, 0.2) is 5.65 Å². The highest BCUT2D eigenvalue weighted by Gasteiger charge is 2.19. The van der Waals surface area contributed by atoms with Gasteiger partial charge in [-0.2, -0.15) is 9.61 Å². The van der Waals surface area contributed by atoms with Crippen LogP contribution in [0.25, 0.3) is 5.65 Å². The van der Waals surface area contributed by atoms with Gasteiger partial charge in [0.25, 0.3) is 0 Å². The van der Waals surface area contributed by atoms with Crippen LogP contribution in [0.5, 0.6) is 0 Å². The number of nitrogens with zero attached hydrogens (tertiary/aromatic N) is 6. The fraction of sp³-hybridized carbons (Fsp3) is 0.409. The molecule has 1 fully saturated rings. The zero-order valence-electron chi connectivity index (χ0n) is 17.7. The van der Waals surface area contributed by atoms with Gasteiger partial charge in [-0.05, 0) is 31.4 Å². The van der Waals surface area contributed by atoms with Gasteiger partial charge in [-0.3, -0.25) is 9.59 Å². The van der Waals surface area contributed by atoms with Crippen LogP contribution in [0.4, 0.5) is 11.6 Å². The molecule has 3 aromatic rings. The summed E-state index contributed by atoms with van der Waals surface area (Å²) < 4.78 is 1.70. The van der Waals surface area contributed by atoms with E-state index in [0.29, 0.717) is 43.9 Å². The predicted molar refractivity (Wildman–Crippen MR) is 117 cm³/mol. The Labute approximate surface area is 181 Å². The number of hydrogen-bond acceptors (Lipinski definition) is 6. The Morgan fingerprint density at radius 3 is 2.84 bits per heavy atom. The van der Waals surface area contributed by atoms with Crippen LogP contribution in [0, 0.1) is 0 Å². The molecule has 2 amide bonds. The van der Waals surface area contributed by atoms with E-state index in [9.17, 15) is 9.59 Å². The smallest absolute Gasteiger partial charge is 0.234 e. The van der Waals surface area contributed by atoms with Gasteiger partial charge < -0.3 is 15.1 Å². The topological polar surface area (TPSA) is 95.7 Å². The zero-order valence-corrected chi connectivity index (χ0v) is 17.7. The molecule has 4 rings (SSSR count). The molecule has 162 valence electrons. The highest BCUT2D eigenvalue weighted by molar-refractivity contribution is 5.78. The molecule has 1 aromatic carbocycles. The van der Waals surface area contributed by atoms with Crippen molar-refractivity contribution < 1.29 is 9.59 Å². The molecule has 0 spiro atoms. The van der Waals surface area contributed by atoms with E-state index >= 15 is 0 Å². The number of para-hydroxylation sites is 1. The number of hydrogen-bond donors (Lipinski definition) is 1. The Kier molecular flexibility index (Phi) is 6.40. The normalized spacial score (nSPS) is 13.7. The molecule has 9 nitrogen and oxygen atoms in total. The van der Waals surface area contributed by atoms with Crippen LogP contribution in [0.15, 0.2) is 42.9 Å². The van der Waals surface area contributed by atoms with Gasteiger partial charge in [-0.1, -0.05) is 18.2 Å². The minimum Gasteiger partial charge on any atom is -0.356 e. The molecule has 3 heterocycles. The summed E-state index contributed by atoms with van der Waals surface area (Å²) in [5.41, 5.74) is 2.60. The molecule has 1 N–H and O–H groups in total. The van der Waals surface area contributed by atoms with Crippen molar-refractivity contribution in [2.24, 2.45) is 0 Å². The zero-order chi connectivity index (χ0) is 21.6. The number of rotatable bonds is 9. The van der Waals surface area contributed by atoms with Crippen LogP contribution in [-0.4, -0.2) is 63.0 Å². The highest BCUT2D eigenvalue weighted by atomic mass is 16.2. The van der Waals surface area contributed by atoms with Crippen molar-refractivity contribution in [3.8, 4) is 0 Å². The average Bonchev–Trinajstić information content (AvgIpc) is 3.41. The van der Waals surface area contributed by atoms with E-state index in [1.807, 2.05) is 47.2 Å². The van der Waals surface area contributed by atoms with E-state index in [4.69, 9.17) is 0 Å². The number of carbonyl (C=O) groups excluding carboxylic acids is 2. The van der Waals surface area contributed by atoms with Crippen molar-refractivity contribution in [2.75, 3.05) is 31.6 Å². The van der Waals surface area contributed by atoms with Crippen molar-refractivity contribution in [1.82, 2.24) is 29.8 Å². The Bertz CT molecular complexity index is 1050. The summed E-state index contributed by atoms with van der Waals surface area (Å²) in [7, 11) is 1.93. The number of nitrogens with one attached hydrogen (secondary N) is 1. The molecule has 1 aliphatic heterocycles. The molecule has 0 unspecified atom stereocenters. The second kappa shape index (κ2) is 9.55. The predicted octanol–water partition coefficient (Wildman–Crippen LogP) is 1.95. The Morgan fingerprint density at radius 2 is 2.06 bits per heavy atom. The van der Waals surface area contributed by atoms with E-state index < -0.39 is 0 Å². The first kappa shape index (κ1) is 20.8. The van der Waals surface area contributed by atoms with Crippen LogP contribution in [0.1, 0.15) is 31.2 Å². The summed E-state index contributed by atoms with van der Waals surface area (Å²) in [5.74, 6) is 0.866. The lowest BCUT2D eigenvalue weighted by Crippen LogP contribution is -2.30. The monoisotopic (exact) mass is 421 g/mol. The van der Waals surface area contributed by atoms with Gasteiger partial charge in [0.2, 0.25) is 17.8 Å². The van der Waals surface area contributed by atoms with Crippen molar-refractivity contribution in [3.05, 3.63) is 48.4 Å². The standard InChI is InChI=1S/C22H27N7O2/c1-27(18-7-3-2-4-8-18)22-25-16-24-21-17(15-26-29(21)22)10-11-19(30)23-12-6-14-28-13-5-9-20(28)31/h2-4,7-8,15-16H,5-6,9-14H2,1H3,(H,23,30). The number of fused-ring (bicyclic) bond motifs is 1. The number of aromatic nitrogens is 4. The first-order valence-corrected chi connectivity index (χ1v) is 10.6. The maximum atomic E-state index is 12.2. The minimum absolute atomic E-state index is 0.0113. The third kappa shape index (κ3) is 4.82. The van der Waals surface area contributed by atoms with Crippen molar-refractivity contribution in [3.63, 3.8) is 0 Å². The fourth-order valence-corrected chi connectivity index (χ4v) is 3.80. The molecular formula is C22H27N7O2. The first-order valence-electron chi connectivity index (χ1n) is 10.6. The molecule has 0 atom stereocenters. The number of aryl methyl sites for hydroxylation is 1. The lowest BCUT2D eigenvalue weighted by Gasteiger charge is -2.18. The molecule has 0 radical (unpaired) electrons. The lowest BCUT2D eigenvalue weighted by molar-refractivity contribution is -0.127. The second-order valence-electron chi connectivity index (χ2n) is 7.66. The van der Waals surface area contributed by atoms with Gasteiger partial charge in [-0.25, -0.2) is 9.97 Å². The number of amides is 2. The molecule has 1 aliphatic rings. The van der Waals surface area contributed by atoms with Crippen molar-refractivity contribution >= 4 is 29.1 Å². The molecular weight excluding hydrogens is 394 g/mol. The maximum Gasteiger partial charge on any atom is 0.234 e. The lowest BCUT2D eigenvalue weighted by atomic mass is 10.2. The number of carbonyl (C=O) groups is 2. The average molecular weight is 422 g/mol. The number of benzene rings is 1. The van der Waals surface area contributed by atoms with Crippen LogP contribution < -0.4 is 10.2 Å². The molecule has 0 aliphatic carbocycles. The van der Waals surface area contributed by atoms with E-state index in [-0.39, 0.29) is 11.8 Å². The molecule has 0 saturated carbocycles. The van der Waals surface area contributed by atoms with Gasteiger partial charge in [0.1, 0.15) is 6.33 Å². The molecule has 0 bridgehead atoms. The SMILES string of the molecule is CN(c1ccccc1)c1ncnc2c(CCC(=O)NCCCN3CCCC3=O)cnn12. The third-order valence-corrected chi connectivity index (χ3v) is 5.52. The van der Waals surface area contributed by atoms with Gasteiger partial charge >= 0.3 is 0 Å². The van der Waals surface area contributed by atoms with E-state index in [1.165, 1.54) is 6.33 Å². The minimum atomic E-state index is -0.0113. The summed E-state index contributed by atoms with van der Waals surface area (Å²) in [6.45, 7) is 2.12. The quantitative estimate of drug-likeness (QED) is 0.531. The summed E-state index contributed by atoms with van der Waals surface area (Å²) in [5, 5.41) is 7.39. The van der Waals surface area contributed by atoms with Crippen LogP contribution in [-0.2, 0) is 16.0 Å². The van der Waals surface area contributed by atoms with Crippen LogP contribution >= 0.6 is 0 Å². The van der Waals surface area contributed by atoms with Gasteiger partial charge in [-0.15, -0.1) is 0 Å². The van der Waals surface area contributed by atoms with Gasteiger partial charge in [0, 0.05) is 50.8 Å². The van der Waals surface area contributed by atoms with Gasteiger partial charge in [0.05, 0.1) is 6.20 Å². The Balaban J connectivity index is 1.32. The third-order valence-electron chi connectivity index (χ3n) is 5.52. The maximum absolute atomic E-state index is 12.2. The van der Waals surface area contributed by atoms with Crippen molar-refractivity contribution in [1.29, 1.82) is 0 Å². The summed E-state index contributed by atoms with van der Waals surface area (Å²) in [6, 6.07) is 9.92. The largest absolute Gasteiger partial charge is 0.356 e. The second-order valence-corrected chi connectivity index (χ2v) is 7.66.